The molecular formula is C47H81N3O5. The predicted molar refractivity (Wildman–Crippen MR) is 226 cm³/mol. The summed E-state index contributed by atoms with van der Waals surface area (Å²) in [7, 11) is 4.09. The fourth-order valence-corrected chi connectivity index (χ4v) is 9.34. The summed E-state index contributed by atoms with van der Waals surface area (Å²) in [6.07, 6.45) is 6.26. The van der Waals surface area contributed by atoms with E-state index in [0.29, 0.717) is 38.8 Å². The molecule has 7 atom stereocenters. The van der Waals surface area contributed by atoms with Crippen molar-refractivity contribution < 1.29 is 24.0 Å². The third kappa shape index (κ3) is 9.71. The summed E-state index contributed by atoms with van der Waals surface area (Å²) in [4.78, 5) is 52.1. The number of hydrogen-bond acceptors (Lipinski definition) is 7. The third-order valence-electron chi connectivity index (χ3n) is 15.3. The first-order valence-electron chi connectivity index (χ1n) is 21.5. The topological polar surface area (TPSA) is 88.2 Å². The van der Waals surface area contributed by atoms with E-state index in [1.54, 1.807) is 0 Å². The van der Waals surface area contributed by atoms with E-state index in [1.165, 1.54) is 5.56 Å². The molecule has 1 aliphatic heterocycles. The lowest BCUT2D eigenvalue weighted by Gasteiger charge is -2.57. The van der Waals surface area contributed by atoms with Gasteiger partial charge >= 0.3 is 5.97 Å². The Bertz CT molecular complexity index is 1460. The van der Waals surface area contributed by atoms with Crippen LogP contribution >= 0.6 is 0 Å². The Morgan fingerprint density at radius 1 is 0.982 bits per heavy atom. The molecule has 0 aromatic heterocycles. The number of rotatable bonds is 21. The molecule has 8 nitrogen and oxygen atoms in total. The maximum atomic E-state index is 14.8. The lowest BCUT2D eigenvalue weighted by Crippen LogP contribution is -2.67. The maximum absolute atomic E-state index is 14.8. The molecule has 2 fully saturated rings. The van der Waals surface area contributed by atoms with E-state index >= 15 is 0 Å². The summed E-state index contributed by atoms with van der Waals surface area (Å²) in [5.74, 6) is -0.282. The van der Waals surface area contributed by atoms with E-state index in [1.807, 2.05) is 27.1 Å². The molecule has 1 aromatic carbocycles. The number of ether oxygens (including phenoxy) is 1. The first kappa shape index (κ1) is 47.1. The van der Waals surface area contributed by atoms with Crippen LogP contribution in [0.3, 0.4) is 0 Å². The molecule has 1 aromatic rings. The number of carbonyl (C=O) groups excluding carboxylic acids is 3. The summed E-state index contributed by atoms with van der Waals surface area (Å²) < 4.78 is 6.08. The van der Waals surface area contributed by atoms with Crippen molar-refractivity contribution in [1.82, 2.24) is 15.3 Å². The second-order valence-electron chi connectivity index (χ2n) is 20.4. The molecule has 55 heavy (non-hydrogen) atoms. The summed E-state index contributed by atoms with van der Waals surface area (Å²) in [6.45, 7) is 32.4. The number of amides is 1. The van der Waals surface area contributed by atoms with E-state index < -0.39 is 38.8 Å². The van der Waals surface area contributed by atoms with Gasteiger partial charge in [-0.05, 0) is 114 Å². The van der Waals surface area contributed by atoms with Gasteiger partial charge < -0.3 is 15.0 Å². The zero-order valence-corrected chi connectivity index (χ0v) is 38.0. The van der Waals surface area contributed by atoms with E-state index in [9.17, 15) is 14.4 Å². The Kier molecular flexibility index (Phi) is 15.1. The lowest BCUT2D eigenvalue weighted by atomic mass is 9.54. The van der Waals surface area contributed by atoms with Gasteiger partial charge in [0.05, 0.1) is 29.0 Å². The summed E-state index contributed by atoms with van der Waals surface area (Å²) in [6, 6.07) is 10.6. The molecule has 8 heteroatoms. The number of Topliss-reactive ketones (excluding diaryl/α,β-unsaturated/α-hetero) is 1. The van der Waals surface area contributed by atoms with Crippen molar-refractivity contribution in [2.75, 3.05) is 33.8 Å². The fraction of sp³-hybridized carbons (Fsp3) is 0.809. The summed E-state index contributed by atoms with van der Waals surface area (Å²) in [5.41, 5.74) is -2.71. The van der Waals surface area contributed by atoms with Crippen LogP contribution in [0, 0.1) is 33.5 Å². The number of carbonyl (C=O) groups is 3. The molecule has 0 bridgehead atoms. The zero-order chi connectivity index (χ0) is 41.8. The SMILES string of the molecule is CCCCOC(=O)C(CC(C)(C)C(C)c1ccccc1)C(C)(C)C(C)(C)CC1(C(=O)NCCCN(C)C)CC1(C)ON1C(C)(CC)CC(=O)C(C)C1(C)CC. The van der Waals surface area contributed by atoms with Crippen LogP contribution in [-0.4, -0.2) is 78.1 Å². The van der Waals surface area contributed by atoms with Gasteiger partial charge in [-0.25, -0.2) is 0 Å². The number of ketones is 1. The summed E-state index contributed by atoms with van der Waals surface area (Å²) in [5, 5.41) is 5.49. The Morgan fingerprint density at radius 2 is 1.60 bits per heavy atom. The largest absolute Gasteiger partial charge is 0.465 e. The molecule has 0 spiro atoms. The molecule has 1 N–H and O–H groups in total. The molecule has 1 aliphatic carbocycles. The normalized spacial score (nSPS) is 28.9. The number of unbranched alkanes of at least 4 members (excludes halogenated alkanes) is 1. The van der Waals surface area contributed by atoms with Crippen LogP contribution in [-0.2, 0) is 24.0 Å². The van der Waals surface area contributed by atoms with E-state index in [4.69, 9.17) is 9.57 Å². The highest BCUT2D eigenvalue weighted by atomic mass is 16.7. The molecule has 1 amide bonds. The quantitative estimate of drug-likeness (QED) is 0.0985. The molecule has 1 saturated heterocycles. The van der Waals surface area contributed by atoms with Crippen LogP contribution in [0.5, 0.6) is 0 Å². The number of esters is 1. The number of nitrogens with one attached hydrogen (secondary N) is 1. The van der Waals surface area contributed by atoms with Crippen molar-refractivity contribution in [1.29, 1.82) is 0 Å². The monoisotopic (exact) mass is 768 g/mol. The predicted octanol–water partition coefficient (Wildman–Crippen LogP) is 10.0. The van der Waals surface area contributed by atoms with Crippen LogP contribution in [0.4, 0.5) is 0 Å². The average Bonchev–Trinajstić information content (AvgIpc) is 3.72. The average molecular weight is 768 g/mol. The van der Waals surface area contributed by atoms with E-state index in [-0.39, 0.29) is 34.9 Å². The molecule has 1 heterocycles. The second kappa shape index (κ2) is 17.7. The highest BCUT2D eigenvalue weighted by Crippen LogP contribution is 2.68. The molecule has 3 rings (SSSR count). The lowest BCUT2D eigenvalue weighted by molar-refractivity contribution is -0.327. The standard InChI is InChI=1S/C47H81N3O5/c1-17-20-29-54-39(52)37(30-41(6,7)34(4)36-25-22-21-23-26-36)43(10,11)42(8,9)32-47(40(53)48-27-24-28-49(15)16)33-46(47,14)55-50-44(12,18-2)31-38(51)35(5)45(50,13)19-3/h21-23,25-26,34-35,37H,17-20,24,27-33H2,1-16H3,(H,48,53). The third-order valence-corrected chi connectivity index (χ3v) is 15.3. The number of piperidine rings is 1. The van der Waals surface area contributed by atoms with Gasteiger partial charge in [-0.1, -0.05) is 113 Å². The van der Waals surface area contributed by atoms with Gasteiger partial charge in [-0.2, -0.15) is 5.06 Å². The Morgan fingerprint density at radius 3 is 2.15 bits per heavy atom. The molecule has 314 valence electrons. The van der Waals surface area contributed by atoms with Gasteiger partial charge in [0.1, 0.15) is 11.4 Å². The molecule has 1 saturated carbocycles. The Hall–Kier alpha value is -2.29. The first-order valence-corrected chi connectivity index (χ1v) is 21.5. The van der Waals surface area contributed by atoms with Crippen molar-refractivity contribution in [3.63, 3.8) is 0 Å². The number of nitrogens with zero attached hydrogens (tertiary/aromatic N) is 2. The van der Waals surface area contributed by atoms with Crippen LogP contribution in [0.25, 0.3) is 0 Å². The van der Waals surface area contributed by atoms with E-state index in [0.717, 1.165) is 38.6 Å². The molecule has 0 radical (unpaired) electrons. The van der Waals surface area contributed by atoms with Crippen molar-refractivity contribution in [3.05, 3.63) is 35.9 Å². The Balaban J connectivity index is 2.09. The number of hydroxylamine groups is 2. The van der Waals surface area contributed by atoms with Gasteiger partial charge in [-0.15, -0.1) is 0 Å². The van der Waals surface area contributed by atoms with Gasteiger partial charge in [0.25, 0.3) is 0 Å². The van der Waals surface area contributed by atoms with Gasteiger partial charge in [-0.3, -0.25) is 19.2 Å². The van der Waals surface area contributed by atoms with Crippen molar-refractivity contribution in [3.8, 4) is 0 Å². The van der Waals surface area contributed by atoms with Crippen molar-refractivity contribution in [2.24, 2.45) is 33.5 Å². The minimum atomic E-state index is -0.844. The van der Waals surface area contributed by atoms with Gasteiger partial charge in [0.15, 0.2) is 0 Å². The highest BCUT2D eigenvalue weighted by molar-refractivity contribution is 5.88. The van der Waals surface area contributed by atoms with Crippen molar-refractivity contribution >= 4 is 17.7 Å². The first-order chi connectivity index (χ1) is 25.3. The minimum absolute atomic E-state index is 0.00951. The van der Waals surface area contributed by atoms with Crippen LogP contribution in [0.1, 0.15) is 166 Å². The molecule has 2 aliphatic rings. The van der Waals surface area contributed by atoms with Crippen LogP contribution < -0.4 is 5.32 Å². The van der Waals surface area contributed by atoms with E-state index in [2.05, 4.69) is 130 Å². The van der Waals surface area contributed by atoms with Crippen LogP contribution in [0.15, 0.2) is 30.3 Å². The highest BCUT2D eigenvalue weighted by Gasteiger charge is 2.75. The smallest absolute Gasteiger partial charge is 0.309 e. The minimum Gasteiger partial charge on any atom is -0.465 e. The fourth-order valence-electron chi connectivity index (χ4n) is 9.34. The molecular weight excluding hydrogens is 687 g/mol. The number of hydrogen-bond donors (Lipinski definition) is 1. The van der Waals surface area contributed by atoms with Crippen LogP contribution in [0.2, 0.25) is 0 Å². The number of benzene rings is 1. The van der Waals surface area contributed by atoms with Gasteiger partial charge in [0, 0.05) is 18.9 Å². The van der Waals surface area contributed by atoms with Crippen molar-refractivity contribution in [2.45, 2.75) is 177 Å². The molecule has 7 unspecified atom stereocenters. The van der Waals surface area contributed by atoms with Gasteiger partial charge in [0.2, 0.25) is 5.91 Å². The summed E-state index contributed by atoms with van der Waals surface area (Å²) >= 11 is 0. The Labute approximate surface area is 336 Å². The zero-order valence-electron chi connectivity index (χ0n) is 38.0. The maximum Gasteiger partial charge on any atom is 0.309 e. The second-order valence-corrected chi connectivity index (χ2v) is 20.4.